The molecule has 1 heterocycles. The lowest BCUT2D eigenvalue weighted by Gasteiger charge is -2.12. The van der Waals surface area contributed by atoms with Crippen LogP contribution in [-0.4, -0.2) is 20.6 Å². The van der Waals surface area contributed by atoms with Gasteiger partial charge >= 0.3 is 5.69 Å². The molecule has 0 amide bonds. The van der Waals surface area contributed by atoms with Crippen LogP contribution in [0, 0.1) is 0 Å². The molecule has 1 saturated carbocycles. The van der Waals surface area contributed by atoms with Crippen LogP contribution in [0.15, 0.2) is 15.7 Å². The van der Waals surface area contributed by atoms with Crippen LogP contribution in [0.1, 0.15) is 32.2 Å². The van der Waals surface area contributed by atoms with E-state index in [0.717, 1.165) is 25.0 Å². The number of aromatic nitrogens is 2. The molecule has 1 N–H and O–H groups in total. The summed E-state index contributed by atoms with van der Waals surface area (Å²) in [7, 11) is 0. The van der Waals surface area contributed by atoms with Gasteiger partial charge in [0.2, 0.25) is 0 Å². The van der Waals surface area contributed by atoms with Crippen LogP contribution in [0.3, 0.4) is 0 Å². The Labute approximate surface area is 108 Å². The normalized spacial score (nSPS) is 24.1. The van der Waals surface area contributed by atoms with Gasteiger partial charge in [-0.15, -0.1) is 0 Å². The van der Waals surface area contributed by atoms with E-state index in [9.17, 15) is 9.59 Å². The highest BCUT2D eigenvalue weighted by Gasteiger charge is 2.27. The van der Waals surface area contributed by atoms with Crippen LogP contribution in [0.25, 0.3) is 0 Å². The van der Waals surface area contributed by atoms with Crippen molar-refractivity contribution in [3.05, 3.63) is 32.1 Å². The molecule has 2 atom stereocenters. The van der Waals surface area contributed by atoms with E-state index in [4.69, 9.17) is 11.6 Å². The van der Waals surface area contributed by atoms with E-state index in [1.807, 2.05) is 11.8 Å². The summed E-state index contributed by atoms with van der Waals surface area (Å²) in [5.74, 6) is 1.07. The average molecular weight is 275 g/mol. The monoisotopic (exact) mass is 274 g/mol. The topological polar surface area (TPSA) is 54.9 Å². The van der Waals surface area contributed by atoms with Crippen molar-refractivity contribution in [3.8, 4) is 0 Å². The predicted octanol–water partition coefficient (Wildman–Crippen LogP) is 2.04. The second kappa shape index (κ2) is 5.31. The minimum Gasteiger partial charge on any atom is -0.298 e. The fourth-order valence-corrected chi connectivity index (χ4v) is 3.67. The maximum absolute atomic E-state index is 11.8. The maximum Gasteiger partial charge on any atom is 0.329 e. The standard InChI is InChI=1S/C11H15ClN2O2S/c1-2-17-8-4-3-7(5-8)14-10(15)6-9(12)13-11(14)16/h6-8H,2-5H2,1H3,(H,13,16). The summed E-state index contributed by atoms with van der Waals surface area (Å²) in [5, 5.41) is 0.667. The Kier molecular flexibility index (Phi) is 3.99. The highest BCUT2D eigenvalue weighted by Crippen LogP contribution is 2.35. The van der Waals surface area contributed by atoms with Gasteiger partial charge in [-0.25, -0.2) is 4.79 Å². The van der Waals surface area contributed by atoms with Gasteiger partial charge in [0.25, 0.3) is 5.56 Å². The lowest BCUT2D eigenvalue weighted by molar-refractivity contribution is 0.479. The van der Waals surface area contributed by atoms with Gasteiger partial charge in [-0.2, -0.15) is 11.8 Å². The highest BCUT2D eigenvalue weighted by molar-refractivity contribution is 7.99. The minimum absolute atomic E-state index is 0.0209. The fraction of sp³-hybridized carbons (Fsp3) is 0.636. The number of hydrogen-bond acceptors (Lipinski definition) is 3. The molecule has 0 saturated heterocycles. The molecule has 6 heteroatoms. The summed E-state index contributed by atoms with van der Waals surface area (Å²) in [4.78, 5) is 26.0. The number of nitrogens with one attached hydrogen (secondary N) is 1. The zero-order chi connectivity index (χ0) is 12.4. The van der Waals surface area contributed by atoms with Crippen molar-refractivity contribution in [1.29, 1.82) is 0 Å². The van der Waals surface area contributed by atoms with Crippen LogP contribution < -0.4 is 11.2 Å². The molecule has 1 aromatic heterocycles. The molecule has 4 nitrogen and oxygen atoms in total. The summed E-state index contributed by atoms with van der Waals surface area (Å²) < 4.78 is 1.31. The van der Waals surface area contributed by atoms with Gasteiger partial charge in [0, 0.05) is 17.4 Å². The Balaban J connectivity index is 2.25. The van der Waals surface area contributed by atoms with Gasteiger partial charge < -0.3 is 0 Å². The summed E-state index contributed by atoms with van der Waals surface area (Å²) in [5.41, 5.74) is -0.694. The van der Waals surface area contributed by atoms with E-state index < -0.39 is 5.69 Å². The molecule has 2 rings (SSSR count). The van der Waals surface area contributed by atoms with E-state index in [-0.39, 0.29) is 16.8 Å². The molecular formula is C11H15ClN2O2S. The van der Waals surface area contributed by atoms with Crippen LogP contribution in [-0.2, 0) is 0 Å². The number of thioether (sulfide) groups is 1. The molecular weight excluding hydrogens is 260 g/mol. The van der Waals surface area contributed by atoms with Crippen molar-refractivity contribution < 1.29 is 0 Å². The van der Waals surface area contributed by atoms with Crippen molar-refractivity contribution in [2.75, 3.05) is 5.75 Å². The Hall–Kier alpha value is -0.680. The Bertz CT molecular complexity index is 480. The number of hydrogen-bond donors (Lipinski definition) is 1. The third kappa shape index (κ3) is 2.77. The molecule has 1 aliphatic carbocycles. The number of aromatic amines is 1. The fourth-order valence-electron chi connectivity index (χ4n) is 2.36. The van der Waals surface area contributed by atoms with Gasteiger partial charge in [-0.3, -0.25) is 14.3 Å². The lowest BCUT2D eigenvalue weighted by atomic mass is 10.2. The molecule has 17 heavy (non-hydrogen) atoms. The highest BCUT2D eigenvalue weighted by atomic mass is 35.5. The first kappa shape index (κ1) is 12.8. The van der Waals surface area contributed by atoms with E-state index >= 15 is 0 Å². The SMILES string of the molecule is CCSC1CCC(n2c(=O)cc(Cl)[nH]c2=O)C1. The third-order valence-electron chi connectivity index (χ3n) is 3.06. The minimum atomic E-state index is -0.394. The molecule has 0 bridgehead atoms. The van der Waals surface area contributed by atoms with Crippen LogP contribution in [0.5, 0.6) is 0 Å². The molecule has 0 radical (unpaired) electrons. The van der Waals surface area contributed by atoms with Gasteiger partial charge in [0.15, 0.2) is 0 Å². The number of H-pyrrole nitrogens is 1. The first-order valence-corrected chi connectivity index (χ1v) is 7.17. The van der Waals surface area contributed by atoms with E-state index in [2.05, 4.69) is 11.9 Å². The summed E-state index contributed by atoms with van der Waals surface area (Å²) in [6, 6.07) is 1.29. The molecule has 0 aliphatic heterocycles. The molecule has 2 unspecified atom stereocenters. The van der Waals surface area contributed by atoms with Crippen LogP contribution in [0.2, 0.25) is 5.15 Å². The quantitative estimate of drug-likeness (QED) is 0.858. The summed E-state index contributed by atoms with van der Waals surface area (Å²) in [6.07, 6.45) is 2.85. The smallest absolute Gasteiger partial charge is 0.298 e. The van der Waals surface area contributed by atoms with Crippen molar-refractivity contribution in [1.82, 2.24) is 9.55 Å². The van der Waals surface area contributed by atoms with Crippen molar-refractivity contribution in [3.63, 3.8) is 0 Å². The summed E-state index contributed by atoms with van der Waals surface area (Å²) in [6.45, 7) is 2.12. The number of nitrogens with zero attached hydrogens (tertiary/aromatic N) is 1. The Morgan fingerprint density at radius 3 is 2.94 bits per heavy atom. The zero-order valence-electron chi connectivity index (χ0n) is 9.61. The number of rotatable bonds is 3. The van der Waals surface area contributed by atoms with Crippen molar-refractivity contribution in [2.24, 2.45) is 0 Å². The molecule has 0 spiro atoms. The first-order valence-electron chi connectivity index (χ1n) is 5.74. The van der Waals surface area contributed by atoms with E-state index in [1.54, 1.807) is 0 Å². The molecule has 1 aromatic rings. The van der Waals surface area contributed by atoms with Gasteiger partial charge in [0.05, 0.1) is 0 Å². The van der Waals surface area contributed by atoms with Crippen molar-refractivity contribution in [2.45, 2.75) is 37.5 Å². The second-order valence-electron chi connectivity index (χ2n) is 4.17. The Morgan fingerprint density at radius 1 is 1.53 bits per heavy atom. The van der Waals surface area contributed by atoms with Gasteiger partial charge in [-0.05, 0) is 25.0 Å². The van der Waals surface area contributed by atoms with Gasteiger partial charge in [-0.1, -0.05) is 18.5 Å². The number of halogens is 1. The zero-order valence-corrected chi connectivity index (χ0v) is 11.2. The first-order chi connectivity index (χ1) is 8.11. The van der Waals surface area contributed by atoms with Gasteiger partial charge in [0.1, 0.15) is 5.15 Å². The molecule has 0 aromatic carbocycles. The average Bonchev–Trinajstić information content (AvgIpc) is 2.65. The van der Waals surface area contributed by atoms with E-state index in [0.29, 0.717) is 5.25 Å². The third-order valence-corrected chi connectivity index (χ3v) is 4.49. The van der Waals surface area contributed by atoms with Crippen LogP contribution >= 0.6 is 23.4 Å². The molecule has 1 fully saturated rings. The van der Waals surface area contributed by atoms with Crippen molar-refractivity contribution >= 4 is 23.4 Å². The Morgan fingerprint density at radius 2 is 2.29 bits per heavy atom. The molecule has 94 valence electrons. The second-order valence-corrected chi connectivity index (χ2v) is 6.16. The van der Waals surface area contributed by atoms with E-state index in [1.165, 1.54) is 10.6 Å². The predicted molar refractivity (Wildman–Crippen MR) is 71.1 cm³/mol. The maximum atomic E-state index is 11.8. The van der Waals surface area contributed by atoms with Crippen LogP contribution in [0.4, 0.5) is 0 Å². The molecule has 1 aliphatic rings. The lowest BCUT2D eigenvalue weighted by Crippen LogP contribution is -2.36. The largest absolute Gasteiger partial charge is 0.329 e. The summed E-state index contributed by atoms with van der Waals surface area (Å²) >= 11 is 7.53.